The first-order valence-electron chi connectivity index (χ1n) is 7.58. The van der Waals surface area contributed by atoms with Crippen molar-refractivity contribution in [2.24, 2.45) is 5.92 Å². The van der Waals surface area contributed by atoms with Crippen LogP contribution in [0.3, 0.4) is 0 Å². The van der Waals surface area contributed by atoms with Crippen LogP contribution in [-0.4, -0.2) is 19.7 Å². The van der Waals surface area contributed by atoms with Crippen LogP contribution in [0.1, 0.15) is 26.7 Å². The highest BCUT2D eigenvalue weighted by molar-refractivity contribution is 5.83. The quantitative estimate of drug-likeness (QED) is 0.725. The number of rotatable bonds is 8. The third kappa shape index (κ3) is 4.86. The van der Waals surface area contributed by atoms with Crippen molar-refractivity contribution in [3.05, 3.63) is 42.5 Å². The van der Waals surface area contributed by atoms with E-state index in [1.54, 1.807) is 0 Å². The first kappa shape index (κ1) is 14.9. The lowest BCUT2D eigenvalue weighted by molar-refractivity contribution is 0.313. The van der Waals surface area contributed by atoms with Gasteiger partial charge in [-0.05, 0) is 48.2 Å². The molecule has 0 aliphatic carbocycles. The van der Waals surface area contributed by atoms with Crippen molar-refractivity contribution >= 4 is 10.8 Å². The molecule has 2 rings (SSSR count). The van der Waals surface area contributed by atoms with Crippen molar-refractivity contribution in [1.29, 1.82) is 0 Å². The summed E-state index contributed by atoms with van der Waals surface area (Å²) in [5, 5.41) is 5.91. The number of ether oxygens (including phenoxy) is 1. The highest BCUT2D eigenvalue weighted by Crippen LogP contribution is 2.20. The molecule has 0 bridgehead atoms. The molecule has 0 spiro atoms. The van der Waals surface area contributed by atoms with Crippen LogP contribution in [-0.2, 0) is 0 Å². The lowest BCUT2D eigenvalue weighted by Gasteiger charge is -2.09. The molecule has 0 aliphatic rings. The zero-order valence-corrected chi connectivity index (χ0v) is 12.6. The Balaban J connectivity index is 1.68. The Morgan fingerprint density at radius 3 is 2.60 bits per heavy atom. The average molecular weight is 271 g/mol. The molecule has 0 atom stereocenters. The molecule has 1 N–H and O–H groups in total. The smallest absolute Gasteiger partial charge is 0.120 e. The summed E-state index contributed by atoms with van der Waals surface area (Å²) in [5.41, 5.74) is 0. The fourth-order valence-electron chi connectivity index (χ4n) is 2.26. The number of nitrogens with one attached hydrogen (secondary N) is 1. The zero-order valence-electron chi connectivity index (χ0n) is 12.6. The Labute approximate surface area is 122 Å². The number of benzene rings is 2. The van der Waals surface area contributed by atoms with Gasteiger partial charge >= 0.3 is 0 Å². The predicted octanol–water partition coefficient (Wildman–Crippen LogP) is 4.24. The molecule has 0 aliphatic heterocycles. The van der Waals surface area contributed by atoms with E-state index in [-0.39, 0.29) is 0 Å². The second-order valence-corrected chi connectivity index (χ2v) is 5.64. The van der Waals surface area contributed by atoms with Crippen molar-refractivity contribution in [3.63, 3.8) is 0 Å². The van der Waals surface area contributed by atoms with Gasteiger partial charge in [0.1, 0.15) is 12.4 Å². The molecule has 2 aromatic rings. The van der Waals surface area contributed by atoms with Crippen molar-refractivity contribution < 1.29 is 4.74 Å². The molecule has 0 saturated heterocycles. The third-order valence-corrected chi connectivity index (χ3v) is 3.40. The molecule has 2 aromatic carbocycles. The van der Waals surface area contributed by atoms with E-state index >= 15 is 0 Å². The molecule has 0 unspecified atom stereocenters. The van der Waals surface area contributed by atoms with Gasteiger partial charge in [-0.1, -0.05) is 44.2 Å². The van der Waals surface area contributed by atoms with Crippen molar-refractivity contribution in [3.8, 4) is 5.75 Å². The van der Waals surface area contributed by atoms with Crippen molar-refractivity contribution in [1.82, 2.24) is 5.32 Å². The third-order valence-electron chi connectivity index (χ3n) is 3.40. The topological polar surface area (TPSA) is 21.3 Å². The van der Waals surface area contributed by atoms with E-state index in [4.69, 9.17) is 4.74 Å². The molecule has 0 saturated carbocycles. The van der Waals surface area contributed by atoms with Gasteiger partial charge < -0.3 is 10.1 Å². The summed E-state index contributed by atoms with van der Waals surface area (Å²) in [4.78, 5) is 0. The zero-order chi connectivity index (χ0) is 14.2. The van der Waals surface area contributed by atoms with Crippen LogP contribution in [0, 0.1) is 5.92 Å². The SMILES string of the molecule is CC(C)CCCNCCOc1ccc2ccccc2c1. The highest BCUT2D eigenvalue weighted by Gasteiger charge is 1.97. The summed E-state index contributed by atoms with van der Waals surface area (Å²) >= 11 is 0. The minimum atomic E-state index is 0.722. The Morgan fingerprint density at radius 2 is 1.80 bits per heavy atom. The maximum absolute atomic E-state index is 5.78. The van der Waals surface area contributed by atoms with Gasteiger partial charge in [0.2, 0.25) is 0 Å². The molecule has 0 radical (unpaired) electrons. The maximum atomic E-state index is 5.78. The van der Waals surface area contributed by atoms with Crippen LogP contribution < -0.4 is 10.1 Å². The Bertz CT molecular complexity index is 522. The molecular formula is C18H25NO. The molecule has 2 nitrogen and oxygen atoms in total. The Kier molecular flexibility index (Phi) is 5.87. The van der Waals surface area contributed by atoms with Crippen LogP contribution in [0.2, 0.25) is 0 Å². The van der Waals surface area contributed by atoms with Crippen molar-refractivity contribution in [2.45, 2.75) is 26.7 Å². The van der Waals surface area contributed by atoms with E-state index in [1.807, 2.05) is 6.07 Å². The molecule has 0 fully saturated rings. The minimum absolute atomic E-state index is 0.722. The summed E-state index contributed by atoms with van der Waals surface area (Å²) in [6.07, 6.45) is 2.53. The highest BCUT2D eigenvalue weighted by atomic mass is 16.5. The lowest BCUT2D eigenvalue weighted by Crippen LogP contribution is -2.22. The van der Waals surface area contributed by atoms with Crippen LogP contribution in [0.15, 0.2) is 42.5 Å². The molecule has 108 valence electrons. The fourth-order valence-corrected chi connectivity index (χ4v) is 2.26. The van der Waals surface area contributed by atoms with Gasteiger partial charge in [0.05, 0.1) is 0 Å². The van der Waals surface area contributed by atoms with Gasteiger partial charge in [-0.25, -0.2) is 0 Å². The van der Waals surface area contributed by atoms with Crippen LogP contribution >= 0.6 is 0 Å². The fraction of sp³-hybridized carbons (Fsp3) is 0.444. The second-order valence-electron chi connectivity index (χ2n) is 5.64. The predicted molar refractivity (Wildman–Crippen MR) is 86.4 cm³/mol. The number of hydrogen-bond donors (Lipinski definition) is 1. The van der Waals surface area contributed by atoms with Gasteiger partial charge in [-0.2, -0.15) is 0 Å². The largest absolute Gasteiger partial charge is 0.492 e. The van der Waals surface area contributed by atoms with Gasteiger partial charge in [0.25, 0.3) is 0 Å². The number of fused-ring (bicyclic) bond motifs is 1. The lowest BCUT2D eigenvalue weighted by atomic mass is 10.1. The first-order chi connectivity index (χ1) is 9.75. The standard InChI is InChI=1S/C18H25NO/c1-15(2)6-5-11-19-12-13-20-18-10-9-16-7-3-4-8-17(16)14-18/h3-4,7-10,14-15,19H,5-6,11-13H2,1-2H3. The van der Waals surface area contributed by atoms with E-state index in [0.717, 1.165) is 31.4 Å². The molecule has 0 amide bonds. The van der Waals surface area contributed by atoms with Gasteiger partial charge in [-0.15, -0.1) is 0 Å². The summed E-state index contributed by atoms with van der Waals surface area (Å²) in [5.74, 6) is 1.75. The van der Waals surface area contributed by atoms with Crippen LogP contribution in [0.5, 0.6) is 5.75 Å². The van der Waals surface area contributed by atoms with E-state index in [0.29, 0.717) is 0 Å². The van der Waals surface area contributed by atoms with E-state index < -0.39 is 0 Å². The van der Waals surface area contributed by atoms with Gasteiger partial charge in [-0.3, -0.25) is 0 Å². The molecular weight excluding hydrogens is 246 g/mol. The summed E-state index contributed by atoms with van der Waals surface area (Å²) in [6.45, 7) is 7.25. The Hall–Kier alpha value is -1.54. The number of hydrogen-bond acceptors (Lipinski definition) is 2. The monoisotopic (exact) mass is 271 g/mol. The molecule has 2 heteroatoms. The normalized spacial score (nSPS) is 11.2. The van der Waals surface area contributed by atoms with Gasteiger partial charge in [0, 0.05) is 6.54 Å². The Morgan fingerprint density at radius 1 is 1.00 bits per heavy atom. The summed E-state index contributed by atoms with van der Waals surface area (Å²) in [7, 11) is 0. The van der Waals surface area contributed by atoms with Gasteiger partial charge in [0.15, 0.2) is 0 Å². The van der Waals surface area contributed by atoms with Crippen LogP contribution in [0.25, 0.3) is 10.8 Å². The van der Waals surface area contributed by atoms with Crippen molar-refractivity contribution in [2.75, 3.05) is 19.7 Å². The molecule has 20 heavy (non-hydrogen) atoms. The maximum Gasteiger partial charge on any atom is 0.120 e. The van der Waals surface area contributed by atoms with E-state index in [1.165, 1.54) is 23.6 Å². The van der Waals surface area contributed by atoms with E-state index in [2.05, 4.69) is 55.6 Å². The minimum Gasteiger partial charge on any atom is -0.492 e. The van der Waals surface area contributed by atoms with Crippen LogP contribution in [0.4, 0.5) is 0 Å². The summed E-state index contributed by atoms with van der Waals surface area (Å²) in [6, 6.07) is 14.6. The summed E-state index contributed by atoms with van der Waals surface area (Å²) < 4.78 is 5.78. The van der Waals surface area contributed by atoms with E-state index in [9.17, 15) is 0 Å². The second kappa shape index (κ2) is 7.91. The molecule has 0 aromatic heterocycles. The molecule has 0 heterocycles. The average Bonchev–Trinajstić information content (AvgIpc) is 2.46. The first-order valence-corrected chi connectivity index (χ1v) is 7.58.